The van der Waals surface area contributed by atoms with Gasteiger partial charge in [-0.3, -0.25) is 10.1 Å². The van der Waals surface area contributed by atoms with Crippen LogP contribution >= 0.6 is 23.2 Å². The lowest BCUT2D eigenvalue weighted by Gasteiger charge is -2.29. The van der Waals surface area contributed by atoms with E-state index in [1.54, 1.807) is 18.2 Å². The van der Waals surface area contributed by atoms with Crippen molar-refractivity contribution in [1.29, 1.82) is 0 Å². The predicted molar refractivity (Wildman–Crippen MR) is 72.4 cm³/mol. The van der Waals surface area contributed by atoms with Crippen LogP contribution in [-0.2, 0) is 14.6 Å². The molecule has 0 aromatic heterocycles. The fraction of sp³-hybridized carbons (Fsp3) is 0.364. The lowest BCUT2D eigenvalue weighted by atomic mass is 10.1. The van der Waals surface area contributed by atoms with Gasteiger partial charge in [0.05, 0.1) is 21.6 Å². The van der Waals surface area contributed by atoms with E-state index in [0.29, 0.717) is 15.6 Å². The number of carbonyl (C=O) groups is 1. The molecule has 8 heteroatoms. The summed E-state index contributed by atoms with van der Waals surface area (Å²) >= 11 is 11.7. The summed E-state index contributed by atoms with van der Waals surface area (Å²) in [5, 5.41) is 12.4. The normalized spacial score (nSPS) is 26.0. The Hall–Kier alpha value is -0.820. The number of halogens is 2. The van der Waals surface area contributed by atoms with Crippen LogP contribution in [0.1, 0.15) is 11.6 Å². The van der Waals surface area contributed by atoms with Crippen LogP contribution in [-0.4, -0.2) is 37.0 Å². The molecule has 2 atom stereocenters. The summed E-state index contributed by atoms with van der Waals surface area (Å²) in [4.78, 5) is 11.0. The molecule has 5 nitrogen and oxygen atoms in total. The largest absolute Gasteiger partial charge is 0.480 e. The van der Waals surface area contributed by atoms with E-state index >= 15 is 0 Å². The second kappa shape index (κ2) is 5.28. The first-order valence-corrected chi connectivity index (χ1v) is 8.00. The Morgan fingerprint density at radius 3 is 2.53 bits per heavy atom. The van der Waals surface area contributed by atoms with Gasteiger partial charge < -0.3 is 5.11 Å². The molecule has 0 bridgehead atoms. The van der Waals surface area contributed by atoms with E-state index in [2.05, 4.69) is 5.32 Å². The summed E-state index contributed by atoms with van der Waals surface area (Å²) in [6, 6.07) is 3.01. The van der Waals surface area contributed by atoms with Gasteiger partial charge in [0.15, 0.2) is 9.84 Å². The van der Waals surface area contributed by atoms with Gasteiger partial charge in [-0.25, -0.2) is 8.42 Å². The predicted octanol–water partition coefficient (Wildman–Crippen LogP) is 1.51. The monoisotopic (exact) mass is 323 g/mol. The van der Waals surface area contributed by atoms with Crippen LogP contribution in [0.2, 0.25) is 10.0 Å². The molecule has 104 valence electrons. The molecule has 1 aromatic carbocycles. The molecule has 0 amide bonds. The molecular weight excluding hydrogens is 313 g/mol. The van der Waals surface area contributed by atoms with Crippen molar-refractivity contribution >= 4 is 39.0 Å². The van der Waals surface area contributed by atoms with Crippen molar-refractivity contribution < 1.29 is 18.3 Å². The molecule has 0 spiro atoms. The summed E-state index contributed by atoms with van der Waals surface area (Å²) in [6.45, 7) is 0. The van der Waals surface area contributed by atoms with E-state index < -0.39 is 33.6 Å². The molecule has 1 saturated heterocycles. The van der Waals surface area contributed by atoms with Gasteiger partial charge >= 0.3 is 5.97 Å². The van der Waals surface area contributed by atoms with Gasteiger partial charge in [-0.05, 0) is 17.7 Å². The van der Waals surface area contributed by atoms with E-state index in [-0.39, 0.29) is 5.75 Å². The van der Waals surface area contributed by atoms with Gasteiger partial charge in [-0.1, -0.05) is 29.3 Å². The number of carboxylic acid groups (broad SMARTS) is 1. The fourth-order valence-electron chi connectivity index (χ4n) is 1.98. The Balaban J connectivity index is 2.33. The highest BCUT2D eigenvalue weighted by atomic mass is 35.5. The topological polar surface area (TPSA) is 83.5 Å². The van der Waals surface area contributed by atoms with Gasteiger partial charge in [0.2, 0.25) is 0 Å². The number of rotatable bonds is 2. The highest BCUT2D eigenvalue weighted by Gasteiger charge is 2.35. The van der Waals surface area contributed by atoms with Crippen molar-refractivity contribution in [2.45, 2.75) is 12.1 Å². The van der Waals surface area contributed by atoms with E-state index in [1.165, 1.54) is 0 Å². The van der Waals surface area contributed by atoms with Gasteiger partial charge in [-0.15, -0.1) is 0 Å². The zero-order valence-electron chi connectivity index (χ0n) is 9.64. The van der Waals surface area contributed by atoms with Crippen molar-refractivity contribution in [3.8, 4) is 0 Å². The molecule has 1 aliphatic rings. The molecule has 0 saturated carbocycles. The van der Waals surface area contributed by atoms with Gasteiger partial charge in [-0.2, -0.15) is 0 Å². The molecule has 1 heterocycles. The van der Waals surface area contributed by atoms with Crippen LogP contribution in [0.3, 0.4) is 0 Å². The summed E-state index contributed by atoms with van der Waals surface area (Å²) < 4.78 is 23.5. The van der Waals surface area contributed by atoms with Crippen molar-refractivity contribution in [2.75, 3.05) is 11.5 Å². The van der Waals surface area contributed by atoms with E-state index in [9.17, 15) is 13.2 Å². The van der Waals surface area contributed by atoms with Crippen LogP contribution in [0.4, 0.5) is 0 Å². The summed E-state index contributed by atoms with van der Waals surface area (Å²) in [5.41, 5.74) is 0.601. The van der Waals surface area contributed by atoms with Crippen LogP contribution in [0, 0.1) is 0 Å². The third kappa shape index (κ3) is 3.39. The number of hydrogen-bond donors (Lipinski definition) is 2. The van der Waals surface area contributed by atoms with Crippen LogP contribution in [0.25, 0.3) is 0 Å². The first-order valence-electron chi connectivity index (χ1n) is 5.43. The minimum atomic E-state index is -3.42. The van der Waals surface area contributed by atoms with Gasteiger partial charge in [0, 0.05) is 6.04 Å². The van der Waals surface area contributed by atoms with Crippen molar-refractivity contribution in [2.24, 2.45) is 0 Å². The minimum Gasteiger partial charge on any atom is -0.480 e. The molecule has 1 aliphatic heterocycles. The van der Waals surface area contributed by atoms with Crippen LogP contribution < -0.4 is 5.32 Å². The molecule has 1 fully saturated rings. The maximum Gasteiger partial charge on any atom is 0.321 e. The van der Waals surface area contributed by atoms with Crippen LogP contribution in [0.5, 0.6) is 0 Å². The molecule has 0 radical (unpaired) electrons. The Labute approximate surface area is 120 Å². The smallest absolute Gasteiger partial charge is 0.321 e. The summed E-state index contributed by atoms with van der Waals surface area (Å²) in [5.74, 6) is -1.75. The molecule has 0 aliphatic carbocycles. The summed E-state index contributed by atoms with van der Waals surface area (Å²) in [7, 11) is -3.42. The van der Waals surface area contributed by atoms with Gasteiger partial charge in [0.25, 0.3) is 0 Å². The number of hydrogen-bond acceptors (Lipinski definition) is 4. The standard InChI is InChI=1S/C11H11Cl2NO4S/c12-7-2-1-6(3-8(7)13)9-4-19(17,18)5-10(14-9)11(15)16/h1-3,9-10,14H,4-5H2,(H,15,16). The molecule has 19 heavy (non-hydrogen) atoms. The lowest BCUT2D eigenvalue weighted by Crippen LogP contribution is -2.51. The highest BCUT2D eigenvalue weighted by molar-refractivity contribution is 7.91. The number of benzene rings is 1. The van der Waals surface area contributed by atoms with E-state index in [0.717, 1.165) is 0 Å². The maximum atomic E-state index is 11.7. The second-order valence-electron chi connectivity index (χ2n) is 4.36. The number of sulfone groups is 1. The molecule has 1 aromatic rings. The molecular formula is C11H11Cl2NO4S. The average molecular weight is 324 g/mol. The summed E-state index contributed by atoms with van der Waals surface area (Å²) in [6.07, 6.45) is 0. The fourth-order valence-corrected chi connectivity index (χ4v) is 3.96. The van der Waals surface area contributed by atoms with Crippen LogP contribution in [0.15, 0.2) is 18.2 Å². The average Bonchev–Trinajstić information content (AvgIpc) is 2.30. The van der Waals surface area contributed by atoms with Crippen molar-refractivity contribution in [3.05, 3.63) is 33.8 Å². The highest BCUT2D eigenvalue weighted by Crippen LogP contribution is 2.28. The first-order chi connectivity index (χ1) is 8.78. The molecule has 2 rings (SSSR count). The Kier molecular flexibility index (Phi) is 4.06. The molecule has 2 N–H and O–H groups in total. The van der Waals surface area contributed by atoms with E-state index in [4.69, 9.17) is 28.3 Å². The molecule has 2 unspecified atom stereocenters. The Bertz CT molecular complexity index is 617. The quantitative estimate of drug-likeness (QED) is 0.861. The minimum absolute atomic E-state index is 0.158. The SMILES string of the molecule is O=C(O)C1CS(=O)(=O)CC(c2ccc(Cl)c(Cl)c2)N1. The van der Waals surface area contributed by atoms with E-state index in [1.807, 2.05) is 0 Å². The van der Waals surface area contributed by atoms with Crippen molar-refractivity contribution in [1.82, 2.24) is 5.32 Å². The zero-order chi connectivity index (χ0) is 14.2. The zero-order valence-corrected chi connectivity index (χ0v) is 12.0. The number of carboxylic acids is 1. The second-order valence-corrected chi connectivity index (χ2v) is 7.33. The number of nitrogens with one attached hydrogen (secondary N) is 1. The number of aliphatic carboxylic acids is 1. The maximum absolute atomic E-state index is 11.7. The Morgan fingerprint density at radius 1 is 1.26 bits per heavy atom. The third-order valence-corrected chi connectivity index (χ3v) is 5.31. The van der Waals surface area contributed by atoms with Gasteiger partial charge in [0.1, 0.15) is 6.04 Å². The lowest BCUT2D eigenvalue weighted by molar-refractivity contribution is -0.139. The van der Waals surface area contributed by atoms with Crippen molar-refractivity contribution in [3.63, 3.8) is 0 Å². The third-order valence-electron chi connectivity index (χ3n) is 2.89. The Morgan fingerprint density at radius 2 is 1.95 bits per heavy atom. The first kappa shape index (κ1) is 14.6.